The van der Waals surface area contributed by atoms with Gasteiger partial charge in [0.25, 0.3) is 0 Å². The molecule has 0 aliphatic heterocycles. The molecule has 7 nitrogen and oxygen atoms in total. The van der Waals surface area contributed by atoms with Crippen LogP contribution in [0.5, 0.6) is 17.2 Å². The summed E-state index contributed by atoms with van der Waals surface area (Å²) in [7, 11) is 0. The molecule has 0 aliphatic carbocycles. The molecular weight excluding hydrogens is 471 g/mol. The van der Waals surface area contributed by atoms with Crippen molar-refractivity contribution in [1.29, 1.82) is 0 Å². The van der Waals surface area contributed by atoms with Crippen molar-refractivity contribution >= 4 is 11.6 Å². The van der Waals surface area contributed by atoms with Crippen molar-refractivity contribution in [2.75, 3.05) is 18.0 Å². The quantitative estimate of drug-likeness (QED) is 0.283. The van der Waals surface area contributed by atoms with Crippen molar-refractivity contribution in [3.63, 3.8) is 0 Å². The molecule has 3 rings (SSSR count). The Morgan fingerprint density at radius 2 is 1.95 bits per heavy atom. The van der Waals surface area contributed by atoms with Gasteiger partial charge in [-0.2, -0.15) is 0 Å². The Hall–Kier alpha value is -4.17. The summed E-state index contributed by atoms with van der Waals surface area (Å²) in [5.74, 6) is 0.396. The van der Waals surface area contributed by atoms with Crippen LogP contribution in [0.3, 0.4) is 0 Å². The van der Waals surface area contributed by atoms with Gasteiger partial charge in [0.05, 0.1) is 30.1 Å². The van der Waals surface area contributed by atoms with Gasteiger partial charge in [0.1, 0.15) is 0 Å². The van der Waals surface area contributed by atoms with E-state index in [2.05, 4.69) is 16.9 Å². The molecule has 8 heteroatoms. The summed E-state index contributed by atoms with van der Waals surface area (Å²) in [5.41, 5.74) is 2.23. The second kappa shape index (κ2) is 13.8. The first kappa shape index (κ1) is 27.4. The minimum Gasteiger partial charge on any atom is -0.504 e. The average molecular weight is 505 g/mol. The highest BCUT2D eigenvalue weighted by atomic mass is 19.1. The Kier molecular flexibility index (Phi) is 10.2. The van der Waals surface area contributed by atoms with Crippen LogP contribution in [0.15, 0.2) is 97.3 Å². The van der Waals surface area contributed by atoms with Crippen molar-refractivity contribution in [3.05, 3.63) is 103 Å². The molecule has 3 aromatic rings. The summed E-state index contributed by atoms with van der Waals surface area (Å²) < 4.78 is 21.3. The molecule has 37 heavy (non-hydrogen) atoms. The van der Waals surface area contributed by atoms with E-state index < -0.39 is 0 Å². The number of amides is 1. The minimum atomic E-state index is -0.291. The maximum atomic E-state index is 13.4. The number of nitrogens with zero attached hydrogens (tertiary/aromatic N) is 3. The highest BCUT2D eigenvalue weighted by molar-refractivity contribution is 5.96. The Balaban J connectivity index is 1.69. The lowest BCUT2D eigenvalue weighted by Crippen LogP contribution is -2.39. The van der Waals surface area contributed by atoms with Crippen molar-refractivity contribution in [3.8, 4) is 17.2 Å². The van der Waals surface area contributed by atoms with Crippen LogP contribution < -0.4 is 15.0 Å². The van der Waals surface area contributed by atoms with E-state index in [9.17, 15) is 14.3 Å². The number of anilines is 1. The molecule has 0 bridgehead atoms. The molecule has 2 aromatic carbocycles. The number of aromatic hydroxyl groups is 1. The van der Waals surface area contributed by atoms with E-state index in [0.717, 1.165) is 17.7 Å². The number of nitrogens with one attached hydrogen (secondary N) is 1. The number of rotatable bonds is 13. The SMILES string of the molecule is C=C/C=C(\C=C(/C)F)Cn1cncc1CNCC(=O)N(CCC)c1ccccc1Oc1ccccc1O. The number of hydrogen-bond donors (Lipinski definition) is 2. The molecule has 0 aliphatic rings. The molecule has 2 N–H and O–H groups in total. The lowest BCUT2D eigenvalue weighted by atomic mass is 10.2. The highest BCUT2D eigenvalue weighted by Crippen LogP contribution is 2.36. The first-order valence-corrected chi connectivity index (χ1v) is 12.1. The standard InChI is InChI=1S/C29H33FN4O3/c1-4-10-23(16-22(3)30)20-33-21-32-18-24(33)17-31-19-29(36)34(15-5-2)25-11-6-8-13-27(25)37-28-14-9-7-12-26(28)35/h4,6-14,16,18,21,31,35H,1,5,15,17,19-20H2,2-3H3/b22-16+,23-10+. The maximum absolute atomic E-state index is 13.4. The number of aromatic nitrogens is 2. The largest absolute Gasteiger partial charge is 0.504 e. The molecule has 0 spiro atoms. The number of phenolic OH excluding ortho intramolecular Hbond substituents is 1. The minimum absolute atomic E-state index is 0.0206. The van der Waals surface area contributed by atoms with Crippen molar-refractivity contribution < 1.29 is 19.0 Å². The van der Waals surface area contributed by atoms with Gasteiger partial charge < -0.3 is 24.6 Å². The summed E-state index contributed by atoms with van der Waals surface area (Å²) in [6.45, 7) is 8.51. The lowest BCUT2D eigenvalue weighted by molar-refractivity contribution is -0.117. The third-order valence-electron chi connectivity index (χ3n) is 5.44. The lowest BCUT2D eigenvalue weighted by Gasteiger charge is -2.25. The van der Waals surface area contributed by atoms with Gasteiger partial charge in [0.2, 0.25) is 5.91 Å². The van der Waals surface area contributed by atoms with Gasteiger partial charge in [-0.3, -0.25) is 4.79 Å². The zero-order chi connectivity index (χ0) is 26.6. The van der Waals surface area contributed by atoms with E-state index >= 15 is 0 Å². The number of carbonyl (C=O) groups excluding carboxylic acids is 1. The number of para-hydroxylation sites is 4. The van der Waals surface area contributed by atoms with Crippen LogP contribution in [0.2, 0.25) is 0 Å². The highest BCUT2D eigenvalue weighted by Gasteiger charge is 2.19. The topological polar surface area (TPSA) is 79.6 Å². The summed E-state index contributed by atoms with van der Waals surface area (Å²) in [4.78, 5) is 19.2. The summed E-state index contributed by atoms with van der Waals surface area (Å²) in [6, 6.07) is 14.0. The number of halogens is 1. The van der Waals surface area contributed by atoms with Gasteiger partial charge in [-0.25, -0.2) is 9.37 Å². The first-order valence-electron chi connectivity index (χ1n) is 12.1. The van der Waals surface area contributed by atoms with Crippen LogP contribution in [0.4, 0.5) is 10.1 Å². The Bertz CT molecular complexity index is 1260. The Morgan fingerprint density at radius 1 is 1.22 bits per heavy atom. The molecular formula is C29H33FN4O3. The van der Waals surface area contributed by atoms with Gasteiger partial charge in [-0.1, -0.05) is 49.9 Å². The van der Waals surface area contributed by atoms with E-state index in [-0.39, 0.29) is 24.0 Å². The second-order valence-electron chi connectivity index (χ2n) is 8.41. The molecule has 1 amide bonds. The molecule has 1 aromatic heterocycles. The number of ether oxygens (including phenoxy) is 1. The molecule has 0 unspecified atom stereocenters. The van der Waals surface area contributed by atoms with Gasteiger partial charge >= 0.3 is 0 Å². The van der Waals surface area contributed by atoms with Gasteiger partial charge in [-0.15, -0.1) is 0 Å². The zero-order valence-electron chi connectivity index (χ0n) is 21.2. The monoisotopic (exact) mass is 504 g/mol. The predicted molar refractivity (Wildman–Crippen MR) is 144 cm³/mol. The van der Waals surface area contributed by atoms with E-state index in [1.807, 2.05) is 29.7 Å². The van der Waals surface area contributed by atoms with Crippen LogP contribution in [-0.2, 0) is 17.9 Å². The van der Waals surface area contributed by atoms with E-state index in [0.29, 0.717) is 36.8 Å². The third kappa shape index (κ3) is 7.91. The van der Waals surface area contributed by atoms with Crippen molar-refractivity contribution in [1.82, 2.24) is 14.9 Å². The van der Waals surface area contributed by atoms with Gasteiger partial charge in [0.15, 0.2) is 17.2 Å². The fourth-order valence-corrected chi connectivity index (χ4v) is 3.81. The summed E-state index contributed by atoms with van der Waals surface area (Å²) >= 11 is 0. The van der Waals surface area contributed by atoms with E-state index in [4.69, 9.17) is 4.74 Å². The average Bonchev–Trinajstić information content (AvgIpc) is 3.31. The number of imidazole rings is 1. The normalized spacial score (nSPS) is 11.9. The molecule has 194 valence electrons. The van der Waals surface area contributed by atoms with Crippen LogP contribution in [-0.4, -0.2) is 33.7 Å². The van der Waals surface area contributed by atoms with Crippen LogP contribution in [0, 0.1) is 0 Å². The Morgan fingerprint density at radius 3 is 2.65 bits per heavy atom. The van der Waals surface area contributed by atoms with Crippen LogP contribution in [0.25, 0.3) is 0 Å². The zero-order valence-corrected chi connectivity index (χ0v) is 21.2. The molecule has 0 saturated carbocycles. The van der Waals surface area contributed by atoms with E-state index in [1.165, 1.54) is 13.0 Å². The fourth-order valence-electron chi connectivity index (χ4n) is 3.81. The molecule has 0 radical (unpaired) electrons. The number of phenols is 1. The molecule has 0 fully saturated rings. The van der Waals surface area contributed by atoms with E-state index in [1.54, 1.807) is 59.9 Å². The smallest absolute Gasteiger partial charge is 0.241 e. The van der Waals surface area contributed by atoms with Crippen molar-refractivity contribution in [2.45, 2.75) is 33.4 Å². The second-order valence-corrected chi connectivity index (χ2v) is 8.41. The Labute approximate surface area is 217 Å². The number of benzene rings is 2. The third-order valence-corrected chi connectivity index (χ3v) is 5.44. The molecule has 0 atom stereocenters. The van der Waals surface area contributed by atoms with Gasteiger partial charge in [-0.05, 0) is 49.3 Å². The van der Waals surface area contributed by atoms with Crippen molar-refractivity contribution in [2.24, 2.45) is 0 Å². The summed E-state index contributed by atoms with van der Waals surface area (Å²) in [5, 5.41) is 13.3. The fraction of sp³-hybridized carbons (Fsp3) is 0.241. The summed E-state index contributed by atoms with van der Waals surface area (Å²) in [6.07, 6.45) is 8.97. The number of carbonyl (C=O) groups is 1. The first-order chi connectivity index (χ1) is 17.9. The molecule has 0 saturated heterocycles. The van der Waals surface area contributed by atoms with Gasteiger partial charge in [0, 0.05) is 25.8 Å². The maximum Gasteiger partial charge on any atom is 0.241 e. The van der Waals surface area contributed by atoms with Crippen LogP contribution >= 0.6 is 0 Å². The predicted octanol–water partition coefficient (Wildman–Crippen LogP) is 5.90. The number of hydrogen-bond acceptors (Lipinski definition) is 5. The molecule has 1 heterocycles. The number of allylic oxidation sites excluding steroid dienone is 5. The van der Waals surface area contributed by atoms with Crippen LogP contribution in [0.1, 0.15) is 26.0 Å².